The lowest BCUT2D eigenvalue weighted by Crippen LogP contribution is -2.30. The zero-order chi connectivity index (χ0) is 12.6. The van der Waals surface area contributed by atoms with Crippen molar-refractivity contribution in [1.29, 1.82) is 0 Å². The Morgan fingerprint density at radius 1 is 0.750 bits per heavy atom. The third-order valence-corrected chi connectivity index (χ3v) is 1.79. The number of carboxylic acids is 2. The number of ketones is 2. The van der Waals surface area contributed by atoms with E-state index in [-0.39, 0.29) is 0 Å². The van der Waals surface area contributed by atoms with E-state index >= 15 is 0 Å². The van der Waals surface area contributed by atoms with Crippen molar-refractivity contribution in [3.63, 3.8) is 0 Å². The predicted octanol–water partition coefficient (Wildman–Crippen LogP) is -1.07. The van der Waals surface area contributed by atoms with Crippen LogP contribution in [0.3, 0.4) is 0 Å². The second-order valence-corrected chi connectivity index (χ2v) is 2.72. The largest absolute Gasteiger partial charge is 0.503 e. The van der Waals surface area contributed by atoms with E-state index in [1.807, 2.05) is 0 Å². The van der Waals surface area contributed by atoms with Gasteiger partial charge in [0.05, 0.1) is 0 Å². The van der Waals surface area contributed by atoms with Gasteiger partial charge in [-0.05, 0) is 0 Å². The van der Waals surface area contributed by atoms with Crippen LogP contribution in [-0.2, 0) is 19.2 Å². The zero-order valence-electron chi connectivity index (χ0n) is 7.42. The van der Waals surface area contributed by atoms with Crippen molar-refractivity contribution in [3.05, 3.63) is 22.7 Å². The monoisotopic (exact) mass is 228 g/mol. The molecule has 84 valence electrons. The van der Waals surface area contributed by atoms with Gasteiger partial charge in [-0.1, -0.05) is 0 Å². The Bertz CT molecular complexity index is 446. The molecule has 0 aromatic rings. The van der Waals surface area contributed by atoms with Gasteiger partial charge in [0, 0.05) is 0 Å². The van der Waals surface area contributed by atoms with Gasteiger partial charge >= 0.3 is 11.9 Å². The normalized spacial score (nSPS) is 16.8. The average Bonchev–Trinajstić information content (AvgIpc) is 2.14. The first-order valence-corrected chi connectivity index (χ1v) is 3.71. The van der Waals surface area contributed by atoms with Gasteiger partial charge < -0.3 is 20.4 Å². The number of carboxylic acid groups (broad SMARTS) is 2. The molecule has 8 nitrogen and oxygen atoms in total. The second kappa shape index (κ2) is 3.50. The Morgan fingerprint density at radius 2 is 1.00 bits per heavy atom. The number of rotatable bonds is 2. The summed E-state index contributed by atoms with van der Waals surface area (Å²) >= 11 is 0. The molecule has 8 heteroatoms. The van der Waals surface area contributed by atoms with Crippen LogP contribution in [0.4, 0.5) is 0 Å². The standard InChI is InChI=1S/C8H4O8/c9-3-1(7(13)14)4(10)6(12)2(5(3)11)8(15)16/h9,12H,(H,13,14)(H,15,16). The summed E-state index contributed by atoms with van der Waals surface area (Å²) < 4.78 is 0. The topological polar surface area (TPSA) is 149 Å². The molecule has 4 N–H and O–H groups in total. The number of hydrogen-bond donors (Lipinski definition) is 4. The van der Waals surface area contributed by atoms with Crippen LogP contribution in [0.25, 0.3) is 0 Å². The maximum atomic E-state index is 11.1. The summed E-state index contributed by atoms with van der Waals surface area (Å²) in [6.07, 6.45) is 0. The Labute approximate surface area is 86.7 Å². The number of aliphatic hydroxyl groups excluding tert-OH is 2. The van der Waals surface area contributed by atoms with Crippen molar-refractivity contribution in [2.45, 2.75) is 0 Å². The highest BCUT2D eigenvalue weighted by molar-refractivity contribution is 6.37. The van der Waals surface area contributed by atoms with Crippen LogP contribution in [-0.4, -0.2) is 43.9 Å². The molecule has 0 heterocycles. The lowest BCUT2D eigenvalue weighted by Gasteiger charge is -2.12. The van der Waals surface area contributed by atoms with E-state index in [9.17, 15) is 19.2 Å². The minimum atomic E-state index is -1.94. The molecule has 0 bridgehead atoms. The second-order valence-electron chi connectivity index (χ2n) is 2.72. The van der Waals surface area contributed by atoms with E-state index in [1.54, 1.807) is 0 Å². The average molecular weight is 228 g/mol. The van der Waals surface area contributed by atoms with Crippen molar-refractivity contribution in [3.8, 4) is 0 Å². The number of Topliss-reactive ketones (excluding diaryl/α,β-unsaturated/α-hetero) is 2. The van der Waals surface area contributed by atoms with Crippen molar-refractivity contribution in [2.24, 2.45) is 0 Å². The van der Waals surface area contributed by atoms with Crippen molar-refractivity contribution >= 4 is 23.5 Å². The lowest BCUT2D eigenvalue weighted by molar-refractivity contribution is -0.139. The fourth-order valence-corrected chi connectivity index (χ4v) is 1.08. The molecule has 0 aromatic heterocycles. The smallest absolute Gasteiger partial charge is 0.343 e. The van der Waals surface area contributed by atoms with E-state index in [2.05, 4.69) is 0 Å². The summed E-state index contributed by atoms with van der Waals surface area (Å²) in [5.74, 6) is -10.1. The van der Waals surface area contributed by atoms with E-state index in [1.165, 1.54) is 0 Å². The third-order valence-electron chi connectivity index (χ3n) is 1.79. The Morgan fingerprint density at radius 3 is 1.19 bits per heavy atom. The highest BCUT2D eigenvalue weighted by Crippen LogP contribution is 2.22. The molecule has 0 aromatic carbocycles. The fraction of sp³-hybridized carbons (Fsp3) is 0. The molecular formula is C8H4O8. The molecule has 1 aliphatic rings. The molecule has 1 aliphatic carbocycles. The predicted molar refractivity (Wildman–Crippen MR) is 44.6 cm³/mol. The van der Waals surface area contributed by atoms with Gasteiger partial charge in [-0.25, -0.2) is 9.59 Å². The molecule has 0 amide bonds. The Balaban J connectivity index is 3.49. The third kappa shape index (κ3) is 1.41. The first-order chi connectivity index (χ1) is 7.29. The van der Waals surface area contributed by atoms with Crippen molar-refractivity contribution in [1.82, 2.24) is 0 Å². The molecular weight excluding hydrogens is 224 g/mol. The first kappa shape index (κ1) is 11.4. The fourth-order valence-electron chi connectivity index (χ4n) is 1.08. The Kier molecular flexibility index (Phi) is 2.50. The molecule has 0 aliphatic heterocycles. The highest BCUT2D eigenvalue weighted by atomic mass is 16.4. The van der Waals surface area contributed by atoms with E-state index < -0.39 is 46.2 Å². The van der Waals surface area contributed by atoms with E-state index in [4.69, 9.17) is 20.4 Å². The maximum Gasteiger partial charge on any atom is 0.343 e. The molecule has 0 fully saturated rings. The van der Waals surface area contributed by atoms with Crippen LogP contribution in [0, 0.1) is 0 Å². The van der Waals surface area contributed by atoms with Gasteiger partial charge in [-0.15, -0.1) is 0 Å². The van der Waals surface area contributed by atoms with Crippen LogP contribution >= 0.6 is 0 Å². The van der Waals surface area contributed by atoms with Crippen LogP contribution < -0.4 is 0 Å². The minimum Gasteiger partial charge on any atom is -0.503 e. The molecule has 0 saturated heterocycles. The van der Waals surface area contributed by atoms with Gasteiger partial charge in [0.15, 0.2) is 22.7 Å². The SMILES string of the molecule is O=C(O)C1=C(O)C(=O)C(C(=O)O)=C(O)C1=O. The number of carbonyl (C=O) groups excluding carboxylic acids is 2. The molecule has 0 unspecified atom stereocenters. The lowest BCUT2D eigenvalue weighted by atomic mass is 9.93. The Hall–Kier alpha value is -2.64. The maximum absolute atomic E-state index is 11.1. The van der Waals surface area contributed by atoms with Gasteiger partial charge in [-0.3, -0.25) is 9.59 Å². The zero-order valence-corrected chi connectivity index (χ0v) is 7.42. The van der Waals surface area contributed by atoms with E-state index in [0.717, 1.165) is 0 Å². The van der Waals surface area contributed by atoms with Crippen LogP contribution in [0.2, 0.25) is 0 Å². The summed E-state index contributed by atoms with van der Waals surface area (Å²) in [4.78, 5) is 43.2. The quantitative estimate of drug-likeness (QED) is 0.344. The summed E-state index contributed by atoms with van der Waals surface area (Å²) in [5, 5.41) is 35.0. The summed E-state index contributed by atoms with van der Waals surface area (Å²) in [5.41, 5.74) is -2.71. The molecule has 0 atom stereocenters. The van der Waals surface area contributed by atoms with Gasteiger partial charge in [0.2, 0.25) is 11.6 Å². The van der Waals surface area contributed by atoms with Gasteiger partial charge in [0.1, 0.15) is 0 Å². The summed E-state index contributed by atoms with van der Waals surface area (Å²) in [6, 6.07) is 0. The van der Waals surface area contributed by atoms with Crippen LogP contribution in [0.15, 0.2) is 22.7 Å². The molecule has 16 heavy (non-hydrogen) atoms. The highest BCUT2D eigenvalue weighted by Gasteiger charge is 2.41. The van der Waals surface area contributed by atoms with Crippen molar-refractivity contribution in [2.75, 3.05) is 0 Å². The molecule has 0 saturated carbocycles. The molecule has 0 radical (unpaired) electrons. The number of aliphatic hydroxyl groups is 2. The number of hydrogen-bond acceptors (Lipinski definition) is 6. The van der Waals surface area contributed by atoms with E-state index in [0.29, 0.717) is 0 Å². The van der Waals surface area contributed by atoms with Crippen LogP contribution in [0.1, 0.15) is 0 Å². The number of carbonyl (C=O) groups is 4. The molecule has 1 rings (SSSR count). The summed E-state index contributed by atoms with van der Waals surface area (Å²) in [7, 11) is 0. The molecule has 0 spiro atoms. The number of aliphatic carboxylic acids is 2. The summed E-state index contributed by atoms with van der Waals surface area (Å²) in [6.45, 7) is 0. The first-order valence-electron chi connectivity index (χ1n) is 3.71. The number of allylic oxidation sites excluding steroid dienone is 2. The van der Waals surface area contributed by atoms with Gasteiger partial charge in [-0.2, -0.15) is 0 Å². The van der Waals surface area contributed by atoms with Crippen LogP contribution in [0.5, 0.6) is 0 Å². The van der Waals surface area contributed by atoms with Gasteiger partial charge in [0.25, 0.3) is 0 Å². The van der Waals surface area contributed by atoms with Crippen molar-refractivity contribution < 1.29 is 39.6 Å². The minimum absolute atomic E-state index is 1.35.